The molecule has 1 heterocycles. The van der Waals surface area contributed by atoms with Gasteiger partial charge in [-0.2, -0.15) is 23.4 Å². The molecule has 0 unspecified atom stereocenters. The highest BCUT2D eigenvalue weighted by atomic mass is 32.2. The number of halogens is 3. The van der Waals surface area contributed by atoms with Gasteiger partial charge in [0.25, 0.3) is 15.1 Å². The first-order valence-electron chi connectivity index (χ1n) is 8.69. The van der Waals surface area contributed by atoms with E-state index in [1.165, 1.54) is 19.1 Å². The fourth-order valence-electron chi connectivity index (χ4n) is 2.72. The van der Waals surface area contributed by atoms with Crippen molar-refractivity contribution in [2.24, 2.45) is 0 Å². The number of aromatic nitrogens is 1. The minimum Gasteiger partial charge on any atom is -0.422 e. The van der Waals surface area contributed by atoms with Gasteiger partial charge in [0, 0.05) is 11.6 Å². The molecular weight excluding hydrogens is 419 g/mol. The van der Waals surface area contributed by atoms with Crippen molar-refractivity contribution in [3.63, 3.8) is 0 Å². The van der Waals surface area contributed by atoms with Gasteiger partial charge < -0.3 is 4.42 Å². The molecule has 0 saturated heterocycles. The predicted octanol–water partition coefficient (Wildman–Crippen LogP) is 4.58. The number of sulfonamides is 1. The average molecular weight is 435 g/mol. The van der Waals surface area contributed by atoms with Crippen LogP contribution in [0.5, 0.6) is 0 Å². The lowest BCUT2D eigenvalue weighted by atomic mass is 10.1. The lowest BCUT2D eigenvalue weighted by Gasteiger charge is -2.15. The maximum Gasteiger partial charge on any atom is 0.416 e. The summed E-state index contributed by atoms with van der Waals surface area (Å²) in [6, 6.07) is 11.8. The molecular formula is C20H16F3N3O3S. The van der Waals surface area contributed by atoms with E-state index < -0.39 is 38.6 Å². The first kappa shape index (κ1) is 21.5. The molecule has 0 aliphatic carbocycles. The first-order chi connectivity index (χ1) is 14.0. The zero-order valence-corrected chi connectivity index (χ0v) is 16.7. The van der Waals surface area contributed by atoms with Crippen molar-refractivity contribution >= 4 is 10.0 Å². The Hall–Kier alpha value is -3.16. The molecule has 3 rings (SSSR count). The van der Waals surface area contributed by atoms with E-state index in [4.69, 9.17) is 4.42 Å². The first-order valence-corrected chi connectivity index (χ1v) is 10.2. The largest absolute Gasteiger partial charge is 0.422 e. The molecule has 0 aliphatic rings. The summed E-state index contributed by atoms with van der Waals surface area (Å²) in [5.74, 6) is -0.0568. The van der Waals surface area contributed by atoms with E-state index in [1.54, 1.807) is 30.3 Å². The van der Waals surface area contributed by atoms with E-state index in [2.05, 4.69) is 9.71 Å². The van der Waals surface area contributed by atoms with Crippen molar-refractivity contribution in [2.45, 2.75) is 31.2 Å². The summed E-state index contributed by atoms with van der Waals surface area (Å²) in [6.45, 7) is 3.26. The molecule has 1 N–H and O–H groups in total. The second-order valence-corrected chi connectivity index (χ2v) is 8.21. The molecule has 1 atom stereocenters. The monoisotopic (exact) mass is 435 g/mol. The molecule has 0 spiro atoms. The topological polar surface area (TPSA) is 96.0 Å². The number of benzene rings is 2. The lowest BCUT2D eigenvalue weighted by Crippen LogP contribution is -2.27. The van der Waals surface area contributed by atoms with E-state index in [0.29, 0.717) is 5.56 Å². The number of nitrogens with zero attached hydrogens (tertiary/aromatic N) is 2. The Balaban J connectivity index is 1.92. The van der Waals surface area contributed by atoms with E-state index >= 15 is 0 Å². The van der Waals surface area contributed by atoms with Gasteiger partial charge in [-0.05, 0) is 43.7 Å². The van der Waals surface area contributed by atoms with Crippen molar-refractivity contribution in [1.29, 1.82) is 5.26 Å². The summed E-state index contributed by atoms with van der Waals surface area (Å²) < 4.78 is 71.9. The quantitative estimate of drug-likeness (QED) is 0.633. The second-order valence-electron chi connectivity index (χ2n) is 6.60. The van der Waals surface area contributed by atoms with Crippen molar-refractivity contribution in [3.8, 4) is 17.5 Å². The Morgan fingerprint density at radius 2 is 1.83 bits per heavy atom. The molecule has 0 aliphatic heterocycles. The number of aryl methyl sites for hydroxylation is 1. The van der Waals surface area contributed by atoms with Gasteiger partial charge in [0.2, 0.25) is 5.89 Å². The van der Waals surface area contributed by atoms with Gasteiger partial charge in [-0.1, -0.05) is 29.8 Å². The van der Waals surface area contributed by atoms with Crippen LogP contribution in [0.25, 0.3) is 11.5 Å². The SMILES string of the molecule is Cc1ccc(-c2nc(C#N)c(S(=O)(=O)N[C@H](C)c3cccc(C(F)(F)F)c3)o2)cc1. The number of hydrogen-bond acceptors (Lipinski definition) is 5. The fraction of sp³-hybridized carbons (Fsp3) is 0.200. The molecule has 3 aromatic rings. The van der Waals surface area contributed by atoms with Crippen LogP contribution in [0.3, 0.4) is 0 Å². The van der Waals surface area contributed by atoms with Crippen molar-refractivity contribution in [1.82, 2.24) is 9.71 Å². The third kappa shape index (κ3) is 4.53. The molecule has 10 heteroatoms. The summed E-state index contributed by atoms with van der Waals surface area (Å²) in [5, 5.41) is 8.58. The normalized spacial score (nSPS) is 13.1. The number of hydrogen-bond donors (Lipinski definition) is 1. The molecule has 0 saturated carbocycles. The standard InChI is InChI=1S/C20H16F3N3O3S/c1-12-6-8-14(9-7-12)18-25-17(11-24)19(29-18)30(27,28)26-13(2)15-4-3-5-16(10-15)20(21,22)23/h3-10,13,26H,1-2H3/t13-/m1/s1. The average Bonchev–Trinajstić information content (AvgIpc) is 3.13. The zero-order valence-electron chi connectivity index (χ0n) is 15.9. The molecule has 2 aromatic carbocycles. The van der Waals surface area contributed by atoms with Crippen LogP contribution in [0.2, 0.25) is 0 Å². The summed E-state index contributed by atoms with van der Waals surface area (Å²) in [6.07, 6.45) is -4.56. The summed E-state index contributed by atoms with van der Waals surface area (Å²) >= 11 is 0. The third-order valence-corrected chi connectivity index (χ3v) is 5.72. The zero-order chi connectivity index (χ0) is 22.1. The van der Waals surface area contributed by atoms with Crippen LogP contribution in [0.15, 0.2) is 58.0 Å². The molecule has 1 aromatic heterocycles. The van der Waals surface area contributed by atoms with E-state index in [9.17, 15) is 26.9 Å². The molecule has 0 fully saturated rings. The fourth-order valence-corrected chi connectivity index (χ4v) is 3.96. The van der Waals surface area contributed by atoms with Crippen LogP contribution in [0, 0.1) is 18.3 Å². The number of nitrogens with one attached hydrogen (secondary N) is 1. The van der Waals surface area contributed by atoms with Crippen LogP contribution in [0.1, 0.15) is 35.3 Å². The number of nitriles is 1. The number of rotatable bonds is 5. The van der Waals surface area contributed by atoms with Crippen LogP contribution >= 0.6 is 0 Å². The Kier molecular flexibility index (Phi) is 5.70. The van der Waals surface area contributed by atoms with Gasteiger partial charge in [-0.25, -0.2) is 13.1 Å². The Bertz CT molecular complexity index is 1210. The summed E-state index contributed by atoms with van der Waals surface area (Å²) in [7, 11) is -4.38. The number of oxazole rings is 1. The maximum atomic E-state index is 12.9. The summed E-state index contributed by atoms with van der Waals surface area (Å²) in [5.41, 5.74) is 0.198. The highest BCUT2D eigenvalue weighted by molar-refractivity contribution is 7.89. The van der Waals surface area contributed by atoms with E-state index in [-0.39, 0.29) is 11.5 Å². The maximum absolute atomic E-state index is 12.9. The summed E-state index contributed by atoms with van der Waals surface area (Å²) in [4.78, 5) is 3.93. The highest BCUT2D eigenvalue weighted by Gasteiger charge is 2.32. The van der Waals surface area contributed by atoms with Gasteiger partial charge in [0.1, 0.15) is 6.07 Å². The molecule has 0 amide bonds. The Labute approximate surface area is 171 Å². The van der Waals surface area contributed by atoms with E-state index in [0.717, 1.165) is 17.7 Å². The van der Waals surface area contributed by atoms with Crippen molar-refractivity contribution in [3.05, 3.63) is 70.9 Å². The van der Waals surface area contributed by atoms with Crippen LogP contribution in [-0.2, 0) is 16.2 Å². The minimum absolute atomic E-state index is 0.0568. The third-order valence-electron chi connectivity index (χ3n) is 4.29. The Morgan fingerprint density at radius 1 is 1.17 bits per heavy atom. The van der Waals surface area contributed by atoms with Crippen molar-refractivity contribution in [2.75, 3.05) is 0 Å². The predicted molar refractivity (Wildman–Crippen MR) is 102 cm³/mol. The smallest absolute Gasteiger partial charge is 0.416 e. The lowest BCUT2D eigenvalue weighted by molar-refractivity contribution is -0.137. The van der Waals surface area contributed by atoms with Gasteiger partial charge in [-0.3, -0.25) is 0 Å². The van der Waals surface area contributed by atoms with Crippen LogP contribution in [0.4, 0.5) is 13.2 Å². The molecule has 30 heavy (non-hydrogen) atoms. The second kappa shape index (κ2) is 7.93. The molecule has 0 radical (unpaired) electrons. The van der Waals surface area contributed by atoms with Crippen LogP contribution < -0.4 is 4.72 Å². The highest BCUT2D eigenvalue weighted by Crippen LogP contribution is 2.31. The van der Waals surface area contributed by atoms with Crippen molar-refractivity contribution < 1.29 is 26.0 Å². The van der Waals surface area contributed by atoms with E-state index in [1.807, 2.05) is 6.92 Å². The van der Waals surface area contributed by atoms with Gasteiger partial charge in [-0.15, -0.1) is 0 Å². The van der Waals surface area contributed by atoms with Gasteiger partial charge >= 0.3 is 6.18 Å². The number of alkyl halides is 3. The van der Waals surface area contributed by atoms with Gasteiger partial charge in [0.15, 0.2) is 5.69 Å². The van der Waals surface area contributed by atoms with Gasteiger partial charge in [0.05, 0.1) is 5.56 Å². The Morgan fingerprint density at radius 3 is 2.43 bits per heavy atom. The molecule has 156 valence electrons. The molecule has 6 nitrogen and oxygen atoms in total. The van der Waals surface area contributed by atoms with Crippen LogP contribution in [-0.4, -0.2) is 13.4 Å². The molecule has 0 bridgehead atoms. The minimum atomic E-state index is -4.56.